The van der Waals surface area contributed by atoms with Crippen LogP contribution in [0, 0.1) is 0 Å². The Balaban J connectivity index is 1.09. The van der Waals surface area contributed by atoms with Gasteiger partial charge < -0.3 is 15.1 Å². The average molecular weight is 619 g/mol. The van der Waals surface area contributed by atoms with Crippen molar-refractivity contribution in [3.05, 3.63) is 41.8 Å². The number of benzene rings is 1. The first-order chi connectivity index (χ1) is 22.2. The number of imidazole rings is 1. The van der Waals surface area contributed by atoms with Crippen molar-refractivity contribution < 1.29 is 9.36 Å². The summed E-state index contributed by atoms with van der Waals surface area (Å²) in [6.07, 6.45) is 27.0. The lowest BCUT2D eigenvalue weighted by Gasteiger charge is -2.12. The Hall–Kier alpha value is -3.16. The molecule has 0 fully saturated rings. The van der Waals surface area contributed by atoms with E-state index in [9.17, 15) is 0 Å². The summed E-state index contributed by atoms with van der Waals surface area (Å²) < 4.78 is 7.43. The van der Waals surface area contributed by atoms with Crippen LogP contribution in [0.5, 0.6) is 0 Å². The van der Waals surface area contributed by atoms with E-state index in [0.717, 1.165) is 85.3 Å². The fourth-order valence-corrected chi connectivity index (χ4v) is 6.14. The standard InChI is InChI=1S/C37H58N6O2/c1-3-5-7-8-9-10-11-12-13-14-15-16-17-18-19-26-32-40-34(45-42-32)28-22-23-29-44-43-33(27-6-4-2)41-35-36(43)30-24-20-21-25-31(30)39-37(35)38/h20-21,24-25H,3-19,22-23,26-29H2,1-2H3,(H2,38,39). The first-order valence-corrected chi connectivity index (χ1v) is 18.2. The fraction of sp³-hybridized carbons (Fsp3) is 0.676. The number of rotatable bonds is 25. The number of pyridine rings is 1. The topological polar surface area (TPSA) is 105 Å². The van der Waals surface area contributed by atoms with Crippen molar-refractivity contribution in [2.75, 3.05) is 12.3 Å². The highest BCUT2D eigenvalue weighted by molar-refractivity contribution is 6.06. The minimum atomic E-state index is 0.445. The summed E-state index contributed by atoms with van der Waals surface area (Å²) in [6.45, 7) is 5.04. The van der Waals surface area contributed by atoms with E-state index in [2.05, 4.69) is 35.0 Å². The summed E-state index contributed by atoms with van der Waals surface area (Å²) in [5.41, 5.74) is 8.78. The summed E-state index contributed by atoms with van der Waals surface area (Å²) in [5.74, 6) is 2.92. The normalized spacial score (nSPS) is 11.7. The molecule has 0 spiro atoms. The van der Waals surface area contributed by atoms with E-state index in [0.29, 0.717) is 17.9 Å². The molecule has 0 amide bonds. The summed E-state index contributed by atoms with van der Waals surface area (Å²) in [6, 6.07) is 8.03. The van der Waals surface area contributed by atoms with Crippen LogP contribution in [0.25, 0.3) is 21.9 Å². The number of nitrogens with zero attached hydrogens (tertiary/aromatic N) is 5. The zero-order valence-electron chi connectivity index (χ0n) is 28.2. The van der Waals surface area contributed by atoms with Gasteiger partial charge in [0.1, 0.15) is 23.5 Å². The molecule has 0 atom stereocenters. The van der Waals surface area contributed by atoms with Gasteiger partial charge in [0.2, 0.25) is 5.89 Å². The molecular formula is C37H58N6O2. The molecule has 3 aromatic heterocycles. The van der Waals surface area contributed by atoms with Crippen LogP contribution in [-0.2, 0) is 19.3 Å². The summed E-state index contributed by atoms with van der Waals surface area (Å²) in [4.78, 5) is 20.4. The molecule has 8 nitrogen and oxygen atoms in total. The van der Waals surface area contributed by atoms with E-state index < -0.39 is 0 Å². The van der Waals surface area contributed by atoms with Gasteiger partial charge in [0.15, 0.2) is 11.6 Å². The molecule has 2 N–H and O–H groups in total. The lowest BCUT2D eigenvalue weighted by Crippen LogP contribution is -2.16. The van der Waals surface area contributed by atoms with Gasteiger partial charge in [0, 0.05) is 24.6 Å². The number of aromatic nitrogens is 5. The van der Waals surface area contributed by atoms with Crippen molar-refractivity contribution in [2.45, 2.75) is 155 Å². The third-order valence-electron chi connectivity index (χ3n) is 8.82. The Kier molecular flexibility index (Phi) is 15.5. The maximum absolute atomic E-state index is 6.34. The number of para-hydroxylation sites is 1. The highest BCUT2D eigenvalue weighted by atomic mass is 16.7. The molecular weight excluding hydrogens is 560 g/mol. The van der Waals surface area contributed by atoms with Crippen molar-refractivity contribution in [1.82, 2.24) is 24.8 Å². The molecule has 8 heteroatoms. The number of aryl methyl sites for hydroxylation is 3. The Morgan fingerprint density at radius 2 is 1.29 bits per heavy atom. The molecule has 0 radical (unpaired) electrons. The first-order valence-electron chi connectivity index (χ1n) is 18.2. The number of hydrogen-bond acceptors (Lipinski definition) is 7. The van der Waals surface area contributed by atoms with E-state index in [1.54, 1.807) is 0 Å². The average Bonchev–Trinajstić information content (AvgIpc) is 3.66. The monoisotopic (exact) mass is 618 g/mol. The molecule has 45 heavy (non-hydrogen) atoms. The zero-order valence-corrected chi connectivity index (χ0v) is 28.2. The van der Waals surface area contributed by atoms with Crippen molar-refractivity contribution in [2.24, 2.45) is 0 Å². The summed E-state index contributed by atoms with van der Waals surface area (Å²) >= 11 is 0. The summed E-state index contributed by atoms with van der Waals surface area (Å²) in [5, 5.41) is 5.23. The number of unbranched alkanes of at least 4 members (excludes halogenated alkanes) is 16. The predicted octanol–water partition coefficient (Wildman–Crippen LogP) is 9.76. The van der Waals surface area contributed by atoms with Crippen molar-refractivity contribution in [3.63, 3.8) is 0 Å². The minimum absolute atomic E-state index is 0.445. The van der Waals surface area contributed by atoms with Crippen LogP contribution < -0.4 is 10.6 Å². The second kappa shape index (κ2) is 20.1. The van der Waals surface area contributed by atoms with E-state index in [1.807, 2.05) is 22.9 Å². The number of fused-ring (bicyclic) bond motifs is 3. The molecule has 0 saturated heterocycles. The predicted molar refractivity (Wildman–Crippen MR) is 185 cm³/mol. The largest absolute Gasteiger partial charge is 0.412 e. The molecule has 0 aliphatic carbocycles. The molecule has 4 rings (SSSR count). The Bertz CT molecular complexity index is 1380. The molecule has 3 heterocycles. The van der Waals surface area contributed by atoms with Crippen LogP contribution in [0.3, 0.4) is 0 Å². The van der Waals surface area contributed by atoms with Gasteiger partial charge in [-0.25, -0.2) is 9.97 Å². The van der Waals surface area contributed by atoms with E-state index in [-0.39, 0.29) is 0 Å². The van der Waals surface area contributed by atoms with Crippen molar-refractivity contribution in [1.29, 1.82) is 0 Å². The van der Waals surface area contributed by atoms with Crippen LogP contribution in [0.1, 0.15) is 153 Å². The van der Waals surface area contributed by atoms with Gasteiger partial charge in [-0.05, 0) is 31.7 Å². The van der Waals surface area contributed by atoms with Crippen LogP contribution in [0.2, 0.25) is 0 Å². The number of anilines is 1. The van der Waals surface area contributed by atoms with Gasteiger partial charge in [-0.1, -0.05) is 134 Å². The van der Waals surface area contributed by atoms with Crippen LogP contribution in [0.4, 0.5) is 5.82 Å². The molecule has 0 aliphatic heterocycles. The van der Waals surface area contributed by atoms with Crippen LogP contribution in [-0.4, -0.2) is 31.4 Å². The van der Waals surface area contributed by atoms with Gasteiger partial charge in [0.05, 0.1) is 5.52 Å². The maximum atomic E-state index is 6.34. The smallest absolute Gasteiger partial charge is 0.226 e. The zero-order chi connectivity index (χ0) is 31.5. The van der Waals surface area contributed by atoms with E-state index in [1.165, 1.54) is 89.9 Å². The number of hydrogen-bond donors (Lipinski definition) is 1. The molecule has 0 aliphatic rings. The second-order valence-electron chi connectivity index (χ2n) is 12.7. The Morgan fingerprint density at radius 3 is 1.98 bits per heavy atom. The lowest BCUT2D eigenvalue weighted by atomic mass is 10.0. The van der Waals surface area contributed by atoms with Gasteiger partial charge in [0.25, 0.3) is 0 Å². The van der Waals surface area contributed by atoms with Crippen molar-refractivity contribution in [3.8, 4) is 0 Å². The maximum Gasteiger partial charge on any atom is 0.226 e. The van der Waals surface area contributed by atoms with E-state index >= 15 is 0 Å². The highest BCUT2D eigenvalue weighted by Crippen LogP contribution is 2.28. The van der Waals surface area contributed by atoms with Gasteiger partial charge in [-0.2, -0.15) is 9.71 Å². The minimum Gasteiger partial charge on any atom is -0.412 e. The molecule has 248 valence electrons. The van der Waals surface area contributed by atoms with Gasteiger partial charge in [-0.3, -0.25) is 0 Å². The van der Waals surface area contributed by atoms with E-state index in [4.69, 9.17) is 20.1 Å². The van der Waals surface area contributed by atoms with Crippen molar-refractivity contribution >= 4 is 27.8 Å². The lowest BCUT2D eigenvalue weighted by molar-refractivity contribution is 0.108. The van der Waals surface area contributed by atoms with Gasteiger partial charge in [-0.15, -0.1) is 0 Å². The third kappa shape index (κ3) is 11.3. The Labute approximate surface area is 270 Å². The van der Waals surface area contributed by atoms with Gasteiger partial charge >= 0.3 is 0 Å². The second-order valence-corrected chi connectivity index (χ2v) is 12.7. The molecule has 1 aromatic carbocycles. The molecule has 4 aromatic rings. The van der Waals surface area contributed by atoms with Crippen LogP contribution in [0.15, 0.2) is 28.8 Å². The SMILES string of the molecule is CCCCCCCCCCCCCCCCCc1noc(CCCCOn2c(CCCC)nc3c(N)nc4ccccc4c32)n1. The number of nitrogens with two attached hydrogens (primary N) is 1. The highest BCUT2D eigenvalue weighted by Gasteiger charge is 2.18. The fourth-order valence-electron chi connectivity index (χ4n) is 6.14. The third-order valence-corrected chi connectivity index (χ3v) is 8.82. The quantitative estimate of drug-likeness (QED) is 0.0737. The number of nitrogen functional groups attached to an aromatic ring is 1. The molecule has 0 bridgehead atoms. The molecule has 0 saturated carbocycles. The summed E-state index contributed by atoms with van der Waals surface area (Å²) in [7, 11) is 0. The Morgan fingerprint density at radius 1 is 0.667 bits per heavy atom. The molecule has 0 unspecified atom stereocenters. The first kappa shape index (κ1) is 34.7. The van der Waals surface area contributed by atoms with Crippen LogP contribution >= 0.6 is 0 Å².